The Morgan fingerprint density at radius 2 is 1.88 bits per heavy atom. The van der Waals surface area contributed by atoms with Crippen LogP contribution in [-0.4, -0.2) is 41.9 Å². The summed E-state index contributed by atoms with van der Waals surface area (Å²) in [6, 6.07) is 12.8. The topological polar surface area (TPSA) is 87.5 Å². The minimum Gasteiger partial charge on any atom is -0.497 e. The Kier molecular flexibility index (Phi) is 5.05. The number of carbonyl (C=O) groups is 1. The van der Waals surface area contributed by atoms with Crippen molar-refractivity contribution in [1.29, 1.82) is 0 Å². The van der Waals surface area contributed by atoms with Gasteiger partial charge in [0.25, 0.3) is 0 Å². The summed E-state index contributed by atoms with van der Waals surface area (Å²) in [5, 5.41) is 8.17. The van der Waals surface area contributed by atoms with Crippen LogP contribution >= 0.6 is 0 Å². The van der Waals surface area contributed by atoms with Crippen LogP contribution in [0.1, 0.15) is 30.9 Å². The highest BCUT2D eigenvalue weighted by Gasteiger charge is 2.38. The van der Waals surface area contributed by atoms with Gasteiger partial charge in [-0.15, -0.1) is 5.10 Å². The van der Waals surface area contributed by atoms with E-state index in [1.54, 1.807) is 26.0 Å². The molecule has 1 aliphatic carbocycles. The number of nitrogens with one attached hydrogen (secondary N) is 1. The number of allylic oxidation sites excluding steroid dienone is 2. The average Bonchev–Trinajstić information content (AvgIpc) is 3.26. The van der Waals surface area contributed by atoms with Gasteiger partial charge >= 0.3 is 0 Å². The zero-order valence-electron chi connectivity index (χ0n) is 18.2. The highest BCUT2D eigenvalue weighted by molar-refractivity contribution is 5.99. The van der Waals surface area contributed by atoms with Gasteiger partial charge < -0.3 is 19.5 Å². The molecule has 2 aromatic carbocycles. The summed E-state index contributed by atoms with van der Waals surface area (Å²) >= 11 is 0. The predicted molar refractivity (Wildman–Crippen MR) is 119 cm³/mol. The number of hydrogen-bond acceptors (Lipinski definition) is 7. The molecule has 0 spiro atoms. The van der Waals surface area contributed by atoms with E-state index in [2.05, 4.69) is 5.32 Å². The van der Waals surface area contributed by atoms with Crippen LogP contribution in [-0.2, 0) is 4.79 Å². The third kappa shape index (κ3) is 3.19. The minimum atomic E-state index is -0.467. The van der Waals surface area contributed by atoms with Crippen LogP contribution in [0.3, 0.4) is 0 Å². The van der Waals surface area contributed by atoms with E-state index in [9.17, 15) is 4.79 Å². The van der Waals surface area contributed by atoms with E-state index in [0.29, 0.717) is 35.3 Å². The molecule has 0 saturated carbocycles. The van der Waals surface area contributed by atoms with Crippen molar-refractivity contribution < 1.29 is 19.0 Å². The molecular weight excluding hydrogens is 408 g/mol. The van der Waals surface area contributed by atoms with E-state index >= 15 is 0 Å². The first kappa shape index (κ1) is 20.1. The number of nitrogens with zero attached hydrogens (tertiary/aromatic N) is 3. The van der Waals surface area contributed by atoms with Gasteiger partial charge in [-0.1, -0.05) is 24.3 Å². The van der Waals surface area contributed by atoms with E-state index < -0.39 is 6.04 Å². The lowest BCUT2D eigenvalue weighted by atomic mass is 9.85. The molecule has 1 N–H and O–H groups in total. The van der Waals surface area contributed by atoms with E-state index in [1.165, 1.54) is 0 Å². The van der Waals surface area contributed by atoms with Crippen molar-refractivity contribution in [2.75, 3.05) is 26.6 Å². The highest BCUT2D eigenvalue weighted by Crippen LogP contribution is 2.45. The van der Waals surface area contributed by atoms with Crippen LogP contribution in [0.25, 0.3) is 11.4 Å². The Morgan fingerprint density at radius 3 is 2.66 bits per heavy atom. The Bertz CT molecular complexity index is 1230. The van der Waals surface area contributed by atoms with Crippen molar-refractivity contribution in [2.45, 2.75) is 25.3 Å². The van der Waals surface area contributed by atoms with Crippen LogP contribution in [0.2, 0.25) is 0 Å². The number of fused-ring (bicyclic) bond motifs is 1. The number of hydrogen-bond donors (Lipinski definition) is 1. The van der Waals surface area contributed by atoms with Crippen LogP contribution in [0.5, 0.6) is 17.2 Å². The van der Waals surface area contributed by atoms with Crippen LogP contribution < -0.4 is 19.5 Å². The molecule has 0 radical (unpaired) electrons. The smallest absolute Gasteiger partial charge is 0.226 e. The fraction of sp³-hybridized carbons (Fsp3) is 0.292. The first-order valence-corrected chi connectivity index (χ1v) is 10.5. The van der Waals surface area contributed by atoms with Gasteiger partial charge in [-0.3, -0.25) is 4.79 Å². The van der Waals surface area contributed by atoms with Gasteiger partial charge in [0.05, 0.1) is 21.3 Å². The lowest BCUT2D eigenvalue weighted by Gasteiger charge is -2.32. The number of methoxy groups -OCH3 is 3. The average molecular weight is 432 g/mol. The number of rotatable bonds is 5. The van der Waals surface area contributed by atoms with Crippen molar-refractivity contribution in [3.63, 3.8) is 0 Å². The second-order valence-corrected chi connectivity index (χ2v) is 7.71. The summed E-state index contributed by atoms with van der Waals surface area (Å²) in [5.74, 6) is 3.15. The zero-order valence-corrected chi connectivity index (χ0v) is 18.2. The van der Waals surface area contributed by atoms with Crippen molar-refractivity contribution >= 4 is 11.7 Å². The predicted octanol–water partition coefficient (Wildman–Crippen LogP) is 3.99. The molecule has 1 atom stereocenters. The van der Waals surface area contributed by atoms with Gasteiger partial charge in [-0.2, -0.15) is 4.98 Å². The molecule has 164 valence electrons. The van der Waals surface area contributed by atoms with Crippen LogP contribution in [0.4, 0.5) is 5.95 Å². The molecule has 8 heteroatoms. The van der Waals surface area contributed by atoms with E-state index in [4.69, 9.17) is 24.3 Å². The van der Waals surface area contributed by atoms with Crippen molar-refractivity contribution in [1.82, 2.24) is 14.8 Å². The number of aromatic nitrogens is 3. The number of benzene rings is 2. The van der Waals surface area contributed by atoms with Gasteiger partial charge in [-0.25, -0.2) is 4.68 Å². The van der Waals surface area contributed by atoms with Crippen molar-refractivity contribution in [2.24, 2.45) is 0 Å². The van der Waals surface area contributed by atoms with Gasteiger partial charge in [0.2, 0.25) is 5.95 Å². The lowest BCUT2D eigenvalue weighted by Crippen LogP contribution is -2.31. The first-order chi connectivity index (χ1) is 15.6. The number of anilines is 1. The third-order valence-corrected chi connectivity index (χ3v) is 5.92. The molecule has 1 unspecified atom stereocenters. The molecule has 0 bridgehead atoms. The normalized spacial score (nSPS) is 17.3. The maximum atomic E-state index is 13.1. The maximum Gasteiger partial charge on any atom is 0.226 e. The molecule has 1 aliphatic heterocycles. The quantitative estimate of drug-likeness (QED) is 0.652. The summed E-state index contributed by atoms with van der Waals surface area (Å²) in [5.41, 5.74) is 3.23. The van der Waals surface area contributed by atoms with E-state index in [0.717, 1.165) is 35.4 Å². The van der Waals surface area contributed by atoms with Crippen molar-refractivity contribution in [3.8, 4) is 28.6 Å². The summed E-state index contributed by atoms with van der Waals surface area (Å²) in [6.45, 7) is 0. The summed E-state index contributed by atoms with van der Waals surface area (Å²) in [6.07, 6.45) is 2.10. The molecular formula is C24H24N4O4. The van der Waals surface area contributed by atoms with Gasteiger partial charge in [0.15, 0.2) is 23.1 Å². The molecule has 8 nitrogen and oxygen atoms in total. The van der Waals surface area contributed by atoms with Gasteiger partial charge in [0.1, 0.15) is 11.8 Å². The second-order valence-electron chi connectivity index (χ2n) is 7.71. The third-order valence-electron chi connectivity index (χ3n) is 5.92. The number of ether oxygens (including phenoxy) is 3. The molecule has 0 saturated heterocycles. The summed E-state index contributed by atoms with van der Waals surface area (Å²) < 4.78 is 18.4. The fourth-order valence-corrected chi connectivity index (χ4v) is 4.46. The lowest BCUT2D eigenvalue weighted by molar-refractivity contribution is -0.116. The number of carbonyl (C=O) groups excluding carboxylic acids is 1. The highest BCUT2D eigenvalue weighted by atomic mass is 16.5. The molecule has 0 amide bonds. The molecule has 32 heavy (non-hydrogen) atoms. The Labute approximate surface area is 185 Å². The monoisotopic (exact) mass is 432 g/mol. The SMILES string of the molecule is COc1cccc(-c2nc3n(n2)C(c2cccc(OC)c2OC)C2=C(CCCC2=O)N3)c1. The zero-order chi connectivity index (χ0) is 22.2. The summed E-state index contributed by atoms with van der Waals surface area (Å²) in [7, 11) is 4.83. The van der Waals surface area contributed by atoms with Crippen molar-refractivity contribution in [3.05, 3.63) is 59.3 Å². The standard InChI is InChI=1S/C24H24N4O4/c1-30-15-8-4-7-14(13-15)23-26-24-25-17-10-6-11-18(29)20(17)21(28(24)27-23)16-9-5-12-19(31-2)22(16)32-3/h4-5,7-9,12-13,21H,6,10-11H2,1-3H3,(H,25,26,27). The minimum absolute atomic E-state index is 0.109. The Balaban J connectivity index is 1.71. The number of Topliss-reactive ketones (excluding diaryl/α,β-unsaturated/α-hetero) is 1. The maximum absolute atomic E-state index is 13.1. The Hall–Kier alpha value is -3.81. The molecule has 0 fully saturated rings. The fourth-order valence-electron chi connectivity index (χ4n) is 4.46. The van der Waals surface area contributed by atoms with Crippen LogP contribution in [0.15, 0.2) is 53.7 Å². The number of para-hydroxylation sites is 1. The van der Waals surface area contributed by atoms with E-state index in [-0.39, 0.29) is 5.78 Å². The molecule has 5 rings (SSSR count). The molecule has 2 heterocycles. The largest absolute Gasteiger partial charge is 0.497 e. The van der Waals surface area contributed by atoms with E-state index in [1.807, 2.05) is 42.5 Å². The van der Waals surface area contributed by atoms with Crippen LogP contribution in [0, 0.1) is 0 Å². The molecule has 2 aliphatic rings. The Morgan fingerprint density at radius 1 is 1.03 bits per heavy atom. The molecule has 3 aromatic rings. The van der Waals surface area contributed by atoms with Gasteiger partial charge in [-0.05, 0) is 31.0 Å². The van der Waals surface area contributed by atoms with Gasteiger partial charge in [0, 0.05) is 28.8 Å². The summed E-state index contributed by atoms with van der Waals surface area (Å²) in [4.78, 5) is 17.8. The molecule has 1 aromatic heterocycles. The number of ketones is 1. The first-order valence-electron chi connectivity index (χ1n) is 10.5. The second kappa shape index (κ2) is 8.03.